The fourth-order valence-electron chi connectivity index (χ4n) is 3.80. The third kappa shape index (κ3) is 5.62. The van der Waals surface area contributed by atoms with Crippen LogP contribution in [-0.2, 0) is 4.74 Å². The summed E-state index contributed by atoms with van der Waals surface area (Å²) < 4.78 is 5.19. The van der Waals surface area contributed by atoms with Crippen molar-refractivity contribution in [2.45, 2.75) is 52.1 Å². The second-order valence-electron chi connectivity index (χ2n) is 9.13. The Hall–Kier alpha value is -3.26. The Morgan fingerprint density at radius 2 is 1.41 bits per heavy atom. The minimum atomic E-state index is -0.607. The molecule has 1 aliphatic rings. The molecule has 0 saturated heterocycles. The predicted octanol–water partition coefficient (Wildman–Crippen LogP) is 5.02. The van der Waals surface area contributed by atoms with E-state index in [2.05, 4.69) is 10.6 Å². The average Bonchev–Trinajstić information content (AvgIpc) is 2.74. The van der Waals surface area contributed by atoms with Crippen molar-refractivity contribution in [3.63, 3.8) is 0 Å². The van der Waals surface area contributed by atoms with Crippen molar-refractivity contribution in [2.24, 2.45) is 0 Å². The van der Waals surface area contributed by atoms with E-state index >= 15 is 0 Å². The van der Waals surface area contributed by atoms with Gasteiger partial charge in [0.2, 0.25) is 5.78 Å². The Morgan fingerprint density at radius 1 is 0.853 bits per heavy atom. The number of benzene rings is 2. The summed E-state index contributed by atoms with van der Waals surface area (Å²) in [5.74, 6) is -1.83. The van der Waals surface area contributed by atoms with Crippen LogP contribution in [0.5, 0.6) is 11.5 Å². The zero-order chi connectivity index (χ0) is 25.0. The molecule has 0 bridgehead atoms. The molecular formula is C25H29ClN2O6. The molecule has 9 heteroatoms. The number of hydrogen-bond donors (Lipinski definition) is 4. The van der Waals surface area contributed by atoms with Crippen LogP contribution in [0, 0.1) is 0 Å². The third-order valence-electron chi connectivity index (χ3n) is 5.31. The number of carbonyl (C=O) groups excluding carboxylic acids is 3. The average molecular weight is 489 g/mol. The van der Waals surface area contributed by atoms with Crippen molar-refractivity contribution >= 4 is 34.9 Å². The highest BCUT2D eigenvalue weighted by Gasteiger charge is 2.37. The van der Waals surface area contributed by atoms with Gasteiger partial charge >= 0.3 is 6.09 Å². The normalized spacial score (nSPS) is 12.7. The molecule has 1 aliphatic carbocycles. The van der Waals surface area contributed by atoms with Gasteiger partial charge in [-0.25, -0.2) is 4.79 Å². The van der Waals surface area contributed by atoms with E-state index in [0.29, 0.717) is 18.8 Å². The molecule has 0 fully saturated rings. The molecule has 0 radical (unpaired) electrons. The number of ether oxygens (including phenoxy) is 1. The lowest BCUT2D eigenvalue weighted by Gasteiger charge is -2.23. The molecule has 2 aromatic rings. The molecule has 182 valence electrons. The van der Waals surface area contributed by atoms with Gasteiger partial charge in [-0.15, -0.1) is 0 Å². The van der Waals surface area contributed by atoms with Gasteiger partial charge in [-0.2, -0.15) is 0 Å². The third-order valence-corrected chi connectivity index (χ3v) is 5.63. The monoisotopic (exact) mass is 488 g/mol. The molecule has 3 rings (SSSR count). The lowest BCUT2D eigenvalue weighted by atomic mass is 9.82. The van der Waals surface area contributed by atoms with Crippen molar-refractivity contribution in [1.29, 1.82) is 0 Å². The number of alkyl carbamates (subject to hydrolysis) is 1. The standard InChI is InChI=1S/C25H29ClN2O6/c1-25(2,3)34-24(33)28-13-7-5-4-6-12-27-15-9-11-17(30)21-19(15)23(32)20-16(29)10-8-14(26)18(20)22(21)31/h8-11,27,29-30H,4-7,12-13H2,1-3H3,(H,28,33). The molecule has 1 amide bonds. The van der Waals surface area contributed by atoms with E-state index in [1.807, 2.05) is 20.8 Å². The summed E-state index contributed by atoms with van der Waals surface area (Å²) in [6.07, 6.45) is 2.94. The van der Waals surface area contributed by atoms with E-state index in [9.17, 15) is 24.6 Å². The molecule has 8 nitrogen and oxygen atoms in total. The van der Waals surface area contributed by atoms with Crippen LogP contribution in [0.15, 0.2) is 24.3 Å². The topological polar surface area (TPSA) is 125 Å². The van der Waals surface area contributed by atoms with Crippen LogP contribution in [-0.4, -0.2) is 46.6 Å². The van der Waals surface area contributed by atoms with Gasteiger partial charge in [0.15, 0.2) is 5.78 Å². The summed E-state index contributed by atoms with van der Waals surface area (Å²) in [5, 5.41) is 26.4. The van der Waals surface area contributed by atoms with E-state index in [-0.39, 0.29) is 38.8 Å². The van der Waals surface area contributed by atoms with E-state index in [4.69, 9.17) is 16.3 Å². The van der Waals surface area contributed by atoms with Gasteiger partial charge in [-0.1, -0.05) is 24.4 Å². The zero-order valence-electron chi connectivity index (χ0n) is 19.5. The largest absolute Gasteiger partial charge is 0.507 e. The first-order valence-electron chi connectivity index (χ1n) is 11.2. The van der Waals surface area contributed by atoms with Crippen LogP contribution in [0.1, 0.15) is 78.3 Å². The predicted molar refractivity (Wildman–Crippen MR) is 129 cm³/mol. The highest BCUT2D eigenvalue weighted by atomic mass is 35.5. The van der Waals surface area contributed by atoms with Crippen molar-refractivity contribution in [3.8, 4) is 11.5 Å². The van der Waals surface area contributed by atoms with Gasteiger partial charge in [0.05, 0.1) is 27.3 Å². The summed E-state index contributed by atoms with van der Waals surface area (Å²) in [7, 11) is 0. The van der Waals surface area contributed by atoms with Gasteiger partial charge in [-0.3, -0.25) is 9.59 Å². The molecule has 4 N–H and O–H groups in total. The quantitative estimate of drug-likeness (QED) is 0.259. The van der Waals surface area contributed by atoms with E-state index in [1.165, 1.54) is 24.3 Å². The molecule has 0 spiro atoms. The Kier molecular flexibility index (Phi) is 7.71. The maximum atomic E-state index is 13.2. The van der Waals surface area contributed by atoms with Crippen LogP contribution >= 0.6 is 11.6 Å². The van der Waals surface area contributed by atoms with Crippen LogP contribution in [0.3, 0.4) is 0 Å². The lowest BCUT2D eigenvalue weighted by Crippen LogP contribution is -2.32. The molecule has 0 atom stereocenters. The number of hydrogen-bond acceptors (Lipinski definition) is 7. The number of carbonyl (C=O) groups is 3. The fourth-order valence-corrected chi connectivity index (χ4v) is 4.05. The molecule has 0 heterocycles. The first-order valence-corrected chi connectivity index (χ1v) is 11.6. The summed E-state index contributed by atoms with van der Waals surface area (Å²) in [5.41, 5.74) is -0.479. The van der Waals surface area contributed by atoms with Crippen molar-refractivity contribution in [2.75, 3.05) is 18.4 Å². The number of unbranched alkanes of at least 4 members (excludes halogenated alkanes) is 3. The Bertz CT molecular complexity index is 1120. The number of anilines is 1. The number of nitrogens with one attached hydrogen (secondary N) is 2. The number of phenolic OH excluding ortho intramolecular Hbond substituents is 2. The SMILES string of the molecule is CC(C)(C)OC(=O)NCCCCCCNc1ccc(O)c2c1C(=O)c1c(O)ccc(Cl)c1C2=O. The molecule has 2 aromatic carbocycles. The summed E-state index contributed by atoms with van der Waals surface area (Å²) in [6.45, 7) is 6.49. The van der Waals surface area contributed by atoms with Crippen LogP contribution < -0.4 is 10.6 Å². The Morgan fingerprint density at radius 3 is 2.06 bits per heavy atom. The van der Waals surface area contributed by atoms with Gasteiger partial charge in [0, 0.05) is 18.8 Å². The van der Waals surface area contributed by atoms with E-state index < -0.39 is 23.3 Å². The molecule has 34 heavy (non-hydrogen) atoms. The maximum absolute atomic E-state index is 13.2. The van der Waals surface area contributed by atoms with Gasteiger partial charge < -0.3 is 25.6 Å². The van der Waals surface area contributed by atoms with Crippen molar-refractivity contribution in [1.82, 2.24) is 5.32 Å². The minimum absolute atomic E-state index is 0.0247. The van der Waals surface area contributed by atoms with Crippen molar-refractivity contribution < 1.29 is 29.3 Å². The number of halogens is 1. The number of aromatic hydroxyl groups is 2. The maximum Gasteiger partial charge on any atom is 0.407 e. The van der Waals surface area contributed by atoms with E-state index in [0.717, 1.165) is 25.7 Å². The molecule has 0 aliphatic heterocycles. The minimum Gasteiger partial charge on any atom is -0.507 e. The highest BCUT2D eigenvalue weighted by Crippen LogP contribution is 2.42. The number of amides is 1. The van der Waals surface area contributed by atoms with Crippen LogP contribution in [0.2, 0.25) is 5.02 Å². The smallest absolute Gasteiger partial charge is 0.407 e. The lowest BCUT2D eigenvalue weighted by molar-refractivity contribution is 0.0526. The van der Waals surface area contributed by atoms with Crippen LogP contribution in [0.4, 0.5) is 10.5 Å². The number of phenols is 2. The fraction of sp³-hybridized carbons (Fsp3) is 0.400. The Labute approximate surface area is 203 Å². The molecule has 0 unspecified atom stereocenters. The summed E-state index contributed by atoms with van der Waals surface area (Å²) in [6, 6.07) is 5.51. The van der Waals surface area contributed by atoms with E-state index in [1.54, 1.807) is 0 Å². The highest BCUT2D eigenvalue weighted by molar-refractivity contribution is 6.40. The number of ketones is 2. The molecule has 0 saturated carbocycles. The number of rotatable bonds is 8. The molecule has 0 aromatic heterocycles. The van der Waals surface area contributed by atoms with Gasteiger partial charge in [-0.05, 0) is 57.9 Å². The zero-order valence-corrected chi connectivity index (χ0v) is 20.2. The second kappa shape index (κ2) is 10.3. The van der Waals surface area contributed by atoms with Gasteiger partial charge in [0.1, 0.15) is 17.1 Å². The van der Waals surface area contributed by atoms with Crippen LogP contribution in [0.25, 0.3) is 0 Å². The summed E-state index contributed by atoms with van der Waals surface area (Å²) >= 11 is 6.12. The molecular weight excluding hydrogens is 460 g/mol. The first-order chi connectivity index (χ1) is 16.0. The first kappa shape index (κ1) is 25.4. The number of fused-ring (bicyclic) bond motifs is 2. The van der Waals surface area contributed by atoms with Gasteiger partial charge in [0.25, 0.3) is 0 Å². The second-order valence-corrected chi connectivity index (χ2v) is 9.53. The summed E-state index contributed by atoms with van der Waals surface area (Å²) in [4.78, 5) is 37.8. The Balaban J connectivity index is 1.57. The van der Waals surface area contributed by atoms with Crippen molar-refractivity contribution in [3.05, 3.63) is 51.5 Å².